The maximum atomic E-state index is 10.8. The van der Waals surface area contributed by atoms with E-state index in [-0.39, 0.29) is 5.56 Å². The second-order valence-electron chi connectivity index (χ2n) is 3.93. The molecule has 1 aromatic carbocycles. The zero-order chi connectivity index (χ0) is 13.8. The van der Waals surface area contributed by atoms with Crippen LogP contribution < -0.4 is 4.90 Å². The van der Waals surface area contributed by atoms with Crippen molar-refractivity contribution in [3.8, 4) is 6.07 Å². The zero-order valence-corrected chi connectivity index (χ0v) is 10.2. The molecule has 2 aromatic rings. The van der Waals surface area contributed by atoms with E-state index >= 15 is 0 Å². The quantitative estimate of drug-likeness (QED) is 0.908. The zero-order valence-electron chi connectivity index (χ0n) is 10.2. The summed E-state index contributed by atoms with van der Waals surface area (Å²) in [4.78, 5) is 16.7. The molecule has 1 aromatic heterocycles. The largest absolute Gasteiger partial charge is 0.478 e. The Kier molecular flexibility index (Phi) is 3.44. The molecule has 2 rings (SSSR count). The monoisotopic (exact) mass is 253 g/mol. The molecule has 0 unspecified atom stereocenters. The highest BCUT2D eigenvalue weighted by molar-refractivity contribution is 5.88. The molecule has 19 heavy (non-hydrogen) atoms. The third-order valence-corrected chi connectivity index (χ3v) is 2.72. The number of rotatable bonds is 3. The summed E-state index contributed by atoms with van der Waals surface area (Å²) in [6.07, 6.45) is 1.50. The van der Waals surface area contributed by atoms with Crippen molar-refractivity contribution >= 4 is 17.5 Å². The van der Waals surface area contributed by atoms with Crippen LogP contribution in [0.4, 0.5) is 11.5 Å². The summed E-state index contributed by atoms with van der Waals surface area (Å²) >= 11 is 0. The Morgan fingerprint density at radius 2 is 1.95 bits per heavy atom. The Hall–Kier alpha value is -2.87. The molecule has 5 heteroatoms. The molecule has 0 fully saturated rings. The number of anilines is 2. The molecule has 0 saturated carbocycles. The van der Waals surface area contributed by atoms with Crippen LogP contribution in [0.1, 0.15) is 15.9 Å². The van der Waals surface area contributed by atoms with Gasteiger partial charge in [-0.15, -0.1) is 0 Å². The molecular formula is C14H11N3O2. The molecule has 0 amide bonds. The van der Waals surface area contributed by atoms with Crippen molar-refractivity contribution in [3.63, 3.8) is 0 Å². The maximum absolute atomic E-state index is 10.8. The predicted octanol–water partition coefficient (Wildman–Crippen LogP) is 2.42. The van der Waals surface area contributed by atoms with E-state index in [4.69, 9.17) is 10.4 Å². The number of carboxylic acid groups (broad SMARTS) is 1. The lowest BCUT2D eigenvalue weighted by molar-refractivity contribution is 0.0697. The summed E-state index contributed by atoms with van der Waals surface area (Å²) in [5.41, 5.74) is 1.56. The smallest absolute Gasteiger partial charge is 0.335 e. The Morgan fingerprint density at radius 3 is 2.42 bits per heavy atom. The fourth-order valence-electron chi connectivity index (χ4n) is 1.61. The fourth-order valence-corrected chi connectivity index (χ4v) is 1.61. The third-order valence-electron chi connectivity index (χ3n) is 2.72. The minimum absolute atomic E-state index is 0.241. The number of benzene rings is 1. The Labute approximate surface area is 110 Å². The highest BCUT2D eigenvalue weighted by atomic mass is 16.4. The molecule has 0 aliphatic carbocycles. The van der Waals surface area contributed by atoms with E-state index in [1.807, 2.05) is 18.0 Å². The van der Waals surface area contributed by atoms with Crippen LogP contribution in [0, 0.1) is 11.3 Å². The van der Waals surface area contributed by atoms with Crippen LogP contribution >= 0.6 is 0 Å². The van der Waals surface area contributed by atoms with Crippen LogP contribution in [0.2, 0.25) is 0 Å². The van der Waals surface area contributed by atoms with Gasteiger partial charge in [0.15, 0.2) is 0 Å². The molecule has 1 N–H and O–H groups in total. The van der Waals surface area contributed by atoms with Gasteiger partial charge in [-0.25, -0.2) is 9.78 Å². The van der Waals surface area contributed by atoms with Gasteiger partial charge in [0.2, 0.25) is 0 Å². The van der Waals surface area contributed by atoms with Gasteiger partial charge in [-0.1, -0.05) is 0 Å². The van der Waals surface area contributed by atoms with E-state index in [2.05, 4.69) is 4.98 Å². The lowest BCUT2D eigenvalue weighted by Gasteiger charge is -2.18. The Balaban J connectivity index is 2.25. The number of nitriles is 1. The fraction of sp³-hybridized carbons (Fsp3) is 0.0714. The highest BCUT2D eigenvalue weighted by Crippen LogP contribution is 2.21. The minimum Gasteiger partial charge on any atom is -0.478 e. The first kappa shape index (κ1) is 12.6. The lowest BCUT2D eigenvalue weighted by Crippen LogP contribution is -2.11. The van der Waals surface area contributed by atoms with Crippen molar-refractivity contribution in [2.45, 2.75) is 0 Å². The van der Waals surface area contributed by atoms with Gasteiger partial charge in [0.25, 0.3) is 0 Å². The molecule has 0 atom stereocenters. The number of aromatic nitrogens is 1. The van der Waals surface area contributed by atoms with Gasteiger partial charge in [0.05, 0.1) is 11.1 Å². The van der Waals surface area contributed by atoms with Crippen LogP contribution in [0.5, 0.6) is 0 Å². The summed E-state index contributed by atoms with van der Waals surface area (Å²) in [7, 11) is 1.82. The second-order valence-corrected chi connectivity index (χ2v) is 3.93. The molecule has 5 nitrogen and oxygen atoms in total. The Bertz CT molecular complexity index is 627. The molecule has 0 saturated heterocycles. The standard InChI is InChI=1S/C14H11N3O2/c1-17(13-7-2-10(8-15)9-16-13)12-5-3-11(4-6-12)14(18)19/h2-7,9H,1H3,(H,18,19). The van der Waals surface area contributed by atoms with Crippen molar-refractivity contribution < 1.29 is 9.90 Å². The van der Waals surface area contributed by atoms with Crippen LogP contribution in [0.15, 0.2) is 42.6 Å². The van der Waals surface area contributed by atoms with E-state index in [9.17, 15) is 4.79 Å². The summed E-state index contributed by atoms with van der Waals surface area (Å²) in [6, 6.07) is 11.9. The van der Waals surface area contributed by atoms with Crippen molar-refractivity contribution in [2.24, 2.45) is 0 Å². The number of nitrogens with zero attached hydrogens (tertiary/aromatic N) is 3. The van der Waals surface area contributed by atoms with E-state index in [0.717, 1.165) is 5.69 Å². The van der Waals surface area contributed by atoms with Gasteiger partial charge >= 0.3 is 5.97 Å². The molecular weight excluding hydrogens is 242 g/mol. The molecule has 1 heterocycles. The average molecular weight is 253 g/mol. The normalized spacial score (nSPS) is 9.68. The highest BCUT2D eigenvalue weighted by Gasteiger charge is 2.07. The first-order chi connectivity index (χ1) is 9.11. The number of carbonyl (C=O) groups is 1. The molecule has 0 aliphatic heterocycles. The number of hydrogen-bond donors (Lipinski definition) is 1. The van der Waals surface area contributed by atoms with Crippen molar-refractivity contribution in [3.05, 3.63) is 53.7 Å². The topological polar surface area (TPSA) is 77.2 Å². The van der Waals surface area contributed by atoms with E-state index in [1.165, 1.54) is 18.3 Å². The van der Waals surface area contributed by atoms with Crippen LogP contribution in [0.3, 0.4) is 0 Å². The van der Waals surface area contributed by atoms with Crippen LogP contribution in [-0.4, -0.2) is 23.1 Å². The first-order valence-corrected chi connectivity index (χ1v) is 5.55. The van der Waals surface area contributed by atoms with Gasteiger partial charge in [-0.05, 0) is 36.4 Å². The van der Waals surface area contributed by atoms with Crippen molar-refractivity contribution in [1.29, 1.82) is 5.26 Å². The molecule has 0 spiro atoms. The van der Waals surface area contributed by atoms with E-state index in [1.54, 1.807) is 24.3 Å². The Morgan fingerprint density at radius 1 is 1.26 bits per heavy atom. The van der Waals surface area contributed by atoms with Crippen LogP contribution in [0.25, 0.3) is 0 Å². The molecule has 94 valence electrons. The van der Waals surface area contributed by atoms with Gasteiger partial charge in [0.1, 0.15) is 11.9 Å². The summed E-state index contributed by atoms with van der Waals surface area (Å²) < 4.78 is 0. The summed E-state index contributed by atoms with van der Waals surface area (Å²) in [5.74, 6) is -0.271. The van der Waals surface area contributed by atoms with Gasteiger partial charge in [0, 0.05) is 18.9 Å². The number of aromatic carboxylic acids is 1. The lowest BCUT2D eigenvalue weighted by atomic mass is 10.2. The predicted molar refractivity (Wildman–Crippen MR) is 70.4 cm³/mol. The first-order valence-electron chi connectivity index (χ1n) is 5.55. The molecule has 0 aliphatic rings. The number of pyridine rings is 1. The van der Waals surface area contributed by atoms with E-state index in [0.29, 0.717) is 11.4 Å². The summed E-state index contributed by atoms with van der Waals surface area (Å²) in [6.45, 7) is 0. The minimum atomic E-state index is -0.953. The average Bonchev–Trinajstić information content (AvgIpc) is 2.46. The van der Waals surface area contributed by atoms with Gasteiger partial charge in [-0.2, -0.15) is 5.26 Å². The number of hydrogen-bond acceptors (Lipinski definition) is 4. The van der Waals surface area contributed by atoms with Crippen molar-refractivity contribution in [1.82, 2.24) is 4.98 Å². The van der Waals surface area contributed by atoms with Gasteiger partial charge in [-0.3, -0.25) is 0 Å². The molecule has 0 radical (unpaired) electrons. The van der Waals surface area contributed by atoms with Gasteiger partial charge < -0.3 is 10.0 Å². The third kappa shape index (κ3) is 2.69. The van der Waals surface area contributed by atoms with E-state index < -0.39 is 5.97 Å². The maximum Gasteiger partial charge on any atom is 0.335 e. The number of carboxylic acids is 1. The summed E-state index contributed by atoms with van der Waals surface area (Å²) in [5, 5.41) is 17.5. The van der Waals surface area contributed by atoms with Crippen molar-refractivity contribution in [2.75, 3.05) is 11.9 Å². The molecule has 0 bridgehead atoms. The second kappa shape index (κ2) is 5.19. The van der Waals surface area contributed by atoms with Crippen LogP contribution in [-0.2, 0) is 0 Å². The SMILES string of the molecule is CN(c1ccc(C(=O)O)cc1)c1ccc(C#N)cn1.